The summed E-state index contributed by atoms with van der Waals surface area (Å²) >= 11 is 5.85. The van der Waals surface area contributed by atoms with Crippen molar-refractivity contribution in [1.82, 2.24) is 14.5 Å². The van der Waals surface area contributed by atoms with Crippen LogP contribution in [0, 0.1) is 5.82 Å². The molecule has 0 saturated carbocycles. The van der Waals surface area contributed by atoms with Crippen LogP contribution in [0.25, 0.3) is 11.0 Å². The predicted molar refractivity (Wildman–Crippen MR) is 86.5 cm³/mol. The van der Waals surface area contributed by atoms with Crippen molar-refractivity contribution in [3.05, 3.63) is 29.8 Å². The molecule has 0 atom stereocenters. The first kappa shape index (κ1) is 16.2. The molecule has 0 bridgehead atoms. The fourth-order valence-electron chi connectivity index (χ4n) is 2.68. The number of aryl methyl sites for hydroxylation is 2. The summed E-state index contributed by atoms with van der Waals surface area (Å²) in [6.45, 7) is 8.36. The normalized spacial score (nSPS) is 11.7. The van der Waals surface area contributed by atoms with Crippen LogP contribution in [0.3, 0.4) is 0 Å². The third-order valence-corrected chi connectivity index (χ3v) is 4.07. The maximum Gasteiger partial charge on any atom is 0.151 e. The van der Waals surface area contributed by atoms with Gasteiger partial charge in [-0.3, -0.25) is 0 Å². The average molecular weight is 312 g/mol. The fraction of sp³-hybridized carbons (Fsp3) is 0.562. The molecule has 0 spiro atoms. The number of benzene rings is 1. The van der Waals surface area contributed by atoms with Crippen LogP contribution in [0.4, 0.5) is 4.39 Å². The van der Waals surface area contributed by atoms with E-state index in [4.69, 9.17) is 11.6 Å². The topological polar surface area (TPSA) is 21.1 Å². The molecule has 0 aliphatic carbocycles. The third kappa shape index (κ3) is 3.74. The molecule has 0 N–H and O–H groups in total. The van der Waals surface area contributed by atoms with E-state index in [1.165, 1.54) is 6.07 Å². The summed E-state index contributed by atoms with van der Waals surface area (Å²) in [5.74, 6) is 1.12. The number of hydrogen-bond acceptors (Lipinski definition) is 2. The van der Waals surface area contributed by atoms with E-state index in [0.717, 1.165) is 43.9 Å². The van der Waals surface area contributed by atoms with Gasteiger partial charge in [-0.15, -0.1) is 11.6 Å². The molecular formula is C16H23ClFN3. The highest BCUT2D eigenvalue weighted by molar-refractivity contribution is 6.17. The summed E-state index contributed by atoms with van der Waals surface area (Å²) in [7, 11) is 0. The minimum atomic E-state index is -0.259. The van der Waals surface area contributed by atoms with Gasteiger partial charge < -0.3 is 9.47 Å². The molecule has 0 radical (unpaired) electrons. The molecule has 2 rings (SSSR count). The molecule has 5 heteroatoms. The first-order valence-electron chi connectivity index (χ1n) is 7.63. The van der Waals surface area contributed by atoms with E-state index in [0.29, 0.717) is 17.8 Å². The molecule has 1 aromatic carbocycles. The van der Waals surface area contributed by atoms with Crippen LogP contribution < -0.4 is 0 Å². The second-order valence-corrected chi connectivity index (χ2v) is 5.48. The maximum absolute atomic E-state index is 13.9. The molecular weight excluding hydrogens is 289 g/mol. The number of hydrogen-bond donors (Lipinski definition) is 0. The minimum absolute atomic E-state index is 0.259. The molecule has 0 unspecified atom stereocenters. The van der Waals surface area contributed by atoms with Crippen molar-refractivity contribution in [2.45, 2.75) is 33.2 Å². The number of nitrogens with zero attached hydrogens (tertiary/aromatic N) is 3. The van der Waals surface area contributed by atoms with Gasteiger partial charge in [0.15, 0.2) is 5.82 Å². The van der Waals surface area contributed by atoms with Gasteiger partial charge in [0.05, 0.1) is 5.52 Å². The quantitative estimate of drug-likeness (QED) is 0.693. The lowest BCUT2D eigenvalue weighted by molar-refractivity contribution is 0.293. The monoisotopic (exact) mass is 311 g/mol. The Balaban J connectivity index is 2.20. The lowest BCUT2D eigenvalue weighted by atomic mass is 10.3. The highest BCUT2D eigenvalue weighted by atomic mass is 35.5. The standard InChI is InChI=1S/C16H23ClFN3/c1-3-20(4-2)11-6-12-21-14-8-5-7-13(18)16(14)19-15(21)9-10-17/h5,7-8H,3-4,6,9-12H2,1-2H3. The first-order valence-corrected chi connectivity index (χ1v) is 8.16. The lowest BCUT2D eigenvalue weighted by Crippen LogP contribution is -2.25. The summed E-state index contributed by atoms with van der Waals surface area (Å²) in [6.07, 6.45) is 1.69. The van der Waals surface area contributed by atoms with Crippen LogP contribution in [0.5, 0.6) is 0 Å². The fourth-order valence-corrected chi connectivity index (χ4v) is 2.85. The van der Waals surface area contributed by atoms with Crippen LogP contribution in [-0.2, 0) is 13.0 Å². The van der Waals surface area contributed by atoms with Crippen molar-refractivity contribution >= 4 is 22.6 Å². The lowest BCUT2D eigenvalue weighted by Gasteiger charge is -2.18. The minimum Gasteiger partial charge on any atom is -0.328 e. The molecule has 0 aliphatic rings. The van der Waals surface area contributed by atoms with Crippen LogP contribution in [0.2, 0.25) is 0 Å². The number of rotatable bonds is 8. The molecule has 21 heavy (non-hydrogen) atoms. The van der Waals surface area contributed by atoms with Crippen LogP contribution in [0.15, 0.2) is 18.2 Å². The van der Waals surface area contributed by atoms with E-state index >= 15 is 0 Å². The van der Waals surface area contributed by atoms with E-state index in [9.17, 15) is 4.39 Å². The van der Waals surface area contributed by atoms with Crippen molar-refractivity contribution in [2.24, 2.45) is 0 Å². The molecule has 0 saturated heterocycles. The van der Waals surface area contributed by atoms with Crippen LogP contribution in [-0.4, -0.2) is 40.0 Å². The summed E-state index contributed by atoms with van der Waals surface area (Å²) in [5.41, 5.74) is 1.33. The summed E-state index contributed by atoms with van der Waals surface area (Å²) in [5, 5.41) is 0. The van der Waals surface area contributed by atoms with Gasteiger partial charge >= 0.3 is 0 Å². The van der Waals surface area contributed by atoms with Gasteiger partial charge in [-0.1, -0.05) is 19.9 Å². The Morgan fingerprint density at radius 1 is 1.29 bits per heavy atom. The largest absolute Gasteiger partial charge is 0.328 e. The van der Waals surface area contributed by atoms with E-state index in [1.54, 1.807) is 6.07 Å². The number of para-hydroxylation sites is 1. The molecule has 2 aromatic rings. The van der Waals surface area contributed by atoms with Gasteiger partial charge in [0.25, 0.3) is 0 Å². The van der Waals surface area contributed by atoms with E-state index in [2.05, 4.69) is 28.3 Å². The Morgan fingerprint density at radius 2 is 2.05 bits per heavy atom. The Hall–Kier alpha value is -1.13. The Bertz CT molecular complexity index is 578. The zero-order chi connectivity index (χ0) is 15.2. The first-order chi connectivity index (χ1) is 10.2. The Kier molecular flexibility index (Phi) is 6.00. The van der Waals surface area contributed by atoms with Gasteiger partial charge in [-0.2, -0.15) is 0 Å². The van der Waals surface area contributed by atoms with Gasteiger partial charge in [0.1, 0.15) is 11.3 Å². The summed E-state index contributed by atoms with van der Waals surface area (Å²) in [6, 6.07) is 5.13. The molecule has 3 nitrogen and oxygen atoms in total. The zero-order valence-electron chi connectivity index (χ0n) is 12.8. The molecule has 0 fully saturated rings. The number of alkyl halides is 1. The van der Waals surface area contributed by atoms with Crippen LogP contribution >= 0.6 is 11.6 Å². The summed E-state index contributed by atoms with van der Waals surface area (Å²) < 4.78 is 16.0. The van der Waals surface area contributed by atoms with Gasteiger partial charge in [0, 0.05) is 18.8 Å². The third-order valence-electron chi connectivity index (χ3n) is 3.88. The van der Waals surface area contributed by atoms with Crippen LogP contribution in [0.1, 0.15) is 26.1 Å². The highest BCUT2D eigenvalue weighted by Gasteiger charge is 2.13. The van der Waals surface area contributed by atoms with E-state index < -0.39 is 0 Å². The zero-order valence-corrected chi connectivity index (χ0v) is 13.5. The maximum atomic E-state index is 13.9. The van der Waals surface area contributed by atoms with E-state index in [1.807, 2.05) is 6.07 Å². The van der Waals surface area contributed by atoms with Crippen molar-refractivity contribution in [1.29, 1.82) is 0 Å². The SMILES string of the molecule is CCN(CC)CCCn1c(CCCl)nc2c(F)cccc21. The van der Waals surface area contributed by atoms with Crippen molar-refractivity contribution in [3.63, 3.8) is 0 Å². The number of fused-ring (bicyclic) bond motifs is 1. The number of halogens is 2. The van der Waals surface area contributed by atoms with Gasteiger partial charge in [-0.25, -0.2) is 9.37 Å². The second-order valence-electron chi connectivity index (χ2n) is 5.11. The van der Waals surface area contributed by atoms with Gasteiger partial charge in [0.2, 0.25) is 0 Å². The molecule has 0 amide bonds. The predicted octanol–water partition coefficient (Wildman–Crippen LogP) is 3.69. The van der Waals surface area contributed by atoms with Crippen molar-refractivity contribution in [3.8, 4) is 0 Å². The molecule has 1 aromatic heterocycles. The Labute approximate surface area is 130 Å². The Morgan fingerprint density at radius 3 is 2.71 bits per heavy atom. The average Bonchev–Trinajstić information content (AvgIpc) is 2.84. The number of aromatic nitrogens is 2. The second kappa shape index (κ2) is 7.76. The van der Waals surface area contributed by atoms with Crippen molar-refractivity contribution < 1.29 is 4.39 Å². The van der Waals surface area contributed by atoms with E-state index in [-0.39, 0.29) is 5.82 Å². The molecule has 116 valence electrons. The van der Waals surface area contributed by atoms with Gasteiger partial charge in [-0.05, 0) is 38.2 Å². The molecule has 1 heterocycles. The smallest absolute Gasteiger partial charge is 0.151 e. The number of imidazole rings is 1. The molecule has 0 aliphatic heterocycles. The summed E-state index contributed by atoms with van der Waals surface area (Å²) in [4.78, 5) is 6.82. The highest BCUT2D eigenvalue weighted by Crippen LogP contribution is 2.20. The van der Waals surface area contributed by atoms with Crippen molar-refractivity contribution in [2.75, 3.05) is 25.5 Å².